The Labute approximate surface area is 190 Å². The first-order valence-electron chi connectivity index (χ1n) is 9.14. The number of imidazole rings is 1. The second-order valence-corrected chi connectivity index (χ2v) is 6.03. The number of hydrogen-bond donors (Lipinski definition) is 2. The minimum absolute atomic E-state index is 0. The van der Waals surface area contributed by atoms with Crippen LogP contribution >= 0.6 is 24.0 Å². The third-order valence-electron chi connectivity index (χ3n) is 3.98. The van der Waals surface area contributed by atoms with Crippen molar-refractivity contribution >= 4 is 29.9 Å². The maximum absolute atomic E-state index is 12.6. The lowest BCUT2D eigenvalue weighted by Gasteiger charge is -2.14. The van der Waals surface area contributed by atoms with Crippen LogP contribution in [0.15, 0.2) is 66.3 Å². The molecule has 3 aromatic rings. The summed E-state index contributed by atoms with van der Waals surface area (Å²) in [5, 5.41) is 6.29. The van der Waals surface area contributed by atoms with Gasteiger partial charge in [0.05, 0.1) is 6.54 Å². The van der Waals surface area contributed by atoms with Crippen LogP contribution in [0, 0.1) is 0 Å². The first-order chi connectivity index (χ1) is 14.2. The maximum Gasteiger partial charge on any atom is 0.387 e. The van der Waals surface area contributed by atoms with Gasteiger partial charge in [0.1, 0.15) is 17.9 Å². The molecule has 0 saturated carbocycles. The highest BCUT2D eigenvalue weighted by Gasteiger charge is 2.09. The number of ether oxygens (including phenoxy) is 1. The Kier molecular flexibility index (Phi) is 9.45. The Morgan fingerprint density at radius 1 is 1.20 bits per heavy atom. The molecule has 0 atom stereocenters. The van der Waals surface area contributed by atoms with Crippen LogP contribution in [0.1, 0.15) is 18.1 Å². The summed E-state index contributed by atoms with van der Waals surface area (Å²) in [4.78, 5) is 12.9. The van der Waals surface area contributed by atoms with E-state index in [0.717, 1.165) is 11.4 Å². The van der Waals surface area contributed by atoms with E-state index in [1.165, 1.54) is 6.07 Å². The summed E-state index contributed by atoms with van der Waals surface area (Å²) in [5.41, 5.74) is 1.59. The average molecular weight is 528 g/mol. The number of aromatic nitrogens is 3. The summed E-state index contributed by atoms with van der Waals surface area (Å²) in [6.07, 6.45) is 6.91. The number of hydrogen-bond acceptors (Lipinski definition) is 4. The summed E-state index contributed by atoms with van der Waals surface area (Å²) < 4.78 is 31.5. The average Bonchev–Trinajstić information content (AvgIpc) is 3.26. The zero-order valence-electron chi connectivity index (χ0n) is 16.3. The fraction of sp³-hybridized carbons (Fsp3) is 0.250. The molecule has 0 saturated heterocycles. The van der Waals surface area contributed by atoms with E-state index in [0.29, 0.717) is 31.2 Å². The number of alkyl halides is 2. The zero-order chi connectivity index (χ0) is 20.5. The molecule has 0 spiro atoms. The molecule has 0 aliphatic heterocycles. The van der Waals surface area contributed by atoms with Crippen molar-refractivity contribution < 1.29 is 13.5 Å². The number of nitrogens with one attached hydrogen (secondary N) is 2. The van der Waals surface area contributed by atoms with Crippen LogP contribution in [0.2, 0.25) is 0 Å². The Balaban J connectivity index is 0.00000320. The molecule has 2 aromatic heterocycles. The van der Waals surface area contributed by atoms with Gasteiger partial charge in [0.25, 0.3) is 0 Å². The van der Waals surface area contributed by atoms with Gasteiger partial charge in [-0.25, -0.2) is 15.0 Å². The van der Waals surface area contributed by atoms with Gasteiger partial charge < -0.3 is 15.4 Å². The van der Waals surface area contributed by atoms with E-state index < -0.39 is 6.61 Å². The van der Waals surface area contributed by atoms with Crippen molar-refractivity contribution in [2.75, 3.05) is 6.54 Å². The quantitative estimate of drug-likeness (QED) is 0.265. The van der Waals surface area contributed by atoms with Crippen LogP contribution in [0.5, 0.6) is 5.75 Å². The van der Waals surface area contributed by atoms with Gasteiger partial charge in [-0.3, -0.25) is 4.57 Å². The first kappa shape index (κ1) is 23.5. The highest BCUT2D eigenvalue weighted by atomic mass is 127. The monoisotopic (exact) mass is 528 g/mol. The van der Waals surface area contributed by atoms with Crippen LogP contribution < -0.4 is 15.4 Å². The topological polar surface area (TPSA) is 76.4 Å². The van der Waals surface area contributed by atoms with Crippen LogP contribution in [0.25, 0.3) is 5.82 Å². The standard InChI is InChI=1S/C20H22F2N6O.HI/c1-2-24-20(27-13-16-5-3-4-6-17(16)29-19(21)22)26-12-15-7-8-25-18(11-15)28-10-9-23-14-28;/h3-11,14,19H,2,12-13H2,1H3,(H2,24,26,27);1H. The van der Waals surface area contributed by atoms with Crippen molar-refractivity contribution in [2.45, 2.75) is 26.6 Å². The van der Waals surface area contributed by atoms with Crippen LogP contribution in [-0.2, 0) is 13.1 Å². The molecular weight excluding hydrogens is 505 g/mol. The predicted octanol–water partition coefficient (Wildman–Crippen LogP) is 3.74. The fourth-order valence-electron chi connectivity index (χ4n) is 2.65. The van der Waals surface area contributed by atoms with E-state index in [1.807, 2.05) is 29.8 Å². The molecule has 2 N–H and O–H groups in total. The summed E-state index contributed by atoms with van der Waals surface area (Å²) in [6, 6.07) is 10.5. The largest absolute Gasteiger partial charge is 0.434 e. The Morgan fingerprint density at radius 2 is 2.03 bits per heavy atom. The molecule has 10 heteroatoms. The number of para-hydroxylation sites is 1. The normalized spacial score (nSPS) is 11.1. The van der Waals surface area contributed by atoms with E-state index >= 15 is 0 Å². The van der Waals surface area contributed by atoms with Gasteiger partial charge in [-0.2, -0.15) is 8.78 Å². The number of rotatable bonds is 8. The van der Waals surface area contributed by atoms with Crippen LogP contribution in [0.3, 0.4) is 0 Å². The van der Waals surface area contributed by atoms with Crippen molar-refractivity contribution in [3.05, 3.63) is 72.4 Å². The van der Waals surface area contributed by atoms with E-state index in [1.54, 1.807) is 36.9 Å². The molecule has 0 aliphatic carbocycles. The third-order valence-corrected chi connectivity index (χ3v) is 3.98. The Morgan fingerprint density at radius 3 is 2.77 bits per heavy atom. The van der Waals surface area contributed by atoms with E-state index in [9.17, 15) is 8.78 Å². The number of guanidine groups is 1. The molecule has 0 unspecified atom stereocenters. The molecule has 0 aliphatic rings. The Hall–Kier alpha value is -2.76. The van der Waals surface area contributed by atoms with Crippen molar-refractivity contribution in [1.82, 2.24) is 25.2 Å². The summed E-state index contributed by atoms with van der Waals surface area (Å²) in [7, 11) is 0. The van der Waals surface area contributed by atoms with E-state index in [-0.39, 0.29) is 29.7 Å². The smallest absolute Gasteiger partial charge is 0.387 e. The SMILES string of the molecule is CCNC(=NCc1ccnc(-n2ccnc2)c1)NCc1ccccc1OC(F)F.I. The van der Waals surface area contributed by atoms with E-state index in [4.69, 9.17) is 0 Å². The van der Waals surface area contributed by atoms with Crippen molar-refractivity contribution in [2.24, 2.45) is 4.99 Å². The molecule has 0 amide bonds. The van der Waals surface area contributed by atoms with Gasteiger partial charge in [0, 0.05) is 37.2 Å². The van der Waals surface area contributed by atoms with Gasteiger partial charge in [0.2, 0.25) is 0 Å². The van der Waals surface area contributed by atoms with Gasteiger partial charge in [-0.15, -0.1) is 24.0 Å². The Bertz CT molecular complexity index is 937. The minimum Gasteiger partial charge on any atom is -0.434 e. The number of benzene rings is 1. The van der Waals surface area contributed by atoms with Gasteiger partial charge in [-0.1, -0.05) is 18.2 Å². The molecule has 30 heavy (non-hydrogen) atoms. The molecule has 160 valence electrons. The van der Waals surface area contributed by atoms with Gasteiger partial charge in [0.15, 0.2) is 5.96 Å². The van der Waals surface area contributed by atoms with Crippen molar-refractivity contribution in [3.63, 3.8) is 0 Å². The molecule has 0 bridgehead atoms. The maximum atomic E-state index is 12.6. The van der Waals surface area contributed by atoms with Crippen molar-refractivity contribution in [3.8, 4) is 11.6 Å². The van der Waals surface area contributed by atoms with Gasteiger partial charge >= 0.3 is 6.61 Å². The summed E-state index contributed by atoms with van der Waals surface area (Å²) >= 11 is 0. The highest BCUT2D eigenvalue weighted by Crippen LogP contribution is 2.19. The zero-order valence-corrected chi connectivity index (χ0v) is 18.7. The number of aliphatic imine (C=N–C) groups is 1. The van der Waals surface area contributed by atoms with Crippen LogP contribution in [-0.4, -0.2) is 33.7 Å². The summed E-state index contributed by atoms with van der Waals surface area (Å²) in [5.74, 6) is 1.47. The molecule has 2 heterocycles. The van der Waals surface area contributed by atoms with E-state index in [2.05, 4.69) is 30.3 Å². The molecule has 7 nitrogen and oxygen atoms in total. The first-order valence-corrected chi connectivity index (χ1v) is 9.14. The van der Waals surface area contributed by atoms with Crippen molar-refractivity contribution in [1.29, 1.82) is 0 Å². The lowest BCUT2D eigenvalue weighted by Crippen LogP contribution is -2.36. The predicted molar refractivity (Wildman–Crippen MR) is 122 cm³/mol. The molecule has 0 fully saturated rings. The second-order valence-electron chi connectivity index (χ2n) is 6.03. The lowest BCUT2D eigenvalue weighted by molar-refractivity contribution is -0.0504. The molecule has 1 aromatic carbocycles. The number of halogens is 3. The summed E-state index contributed by atoms with van der Waals surface area (Å²) in [6.45, 7) is 0.473. The number of pyridine rings is 1. The van der Waals surface area contributed by atoms with Gasteiger partial charge in [-0.05, 0) is 30.7 Å². The second kappa shape index (κ2) is 12.1. The molecule has 3 rings (SSSR count). The lowest BCUT2D eigenvalue weighted by atomic mass is 10.2. The fourth-order valence-corrected chi connectivity index (χ4v) is 2.65. The minimum atomic E-state index is -2.87. The molecule has 0 radical (unpaired) electrons. The van der Waals surface area contributed by atoms with Crippen LogP contribution in [0.4, 0.5) is 8.78 Å². The third kappa shape index (κ3) is 6.94. The molecular formula is C20H23F2IN6O. The number of nitrogens with zero attached hydrogens (tertiary/aromatic N) is 4. The highest BCUT2D eigenvalue weighted by molar-refractivity contribution is 14.0.